The fourth-order valence-corrected chi connectivity index (χ4v) is 2.28. The molecule has 22 heavy (non-hydrogen) atoms. The van der Waals surface area contributed by atoms with Crippen LogP contribution in [0.1, 0.15) is 40.0 Å². The number of carbonyl (C=O) groups excluding carboxylic acids is 3. The van der Waals surface area contributed by atoms with Gasteiger partial charge in [0.2, 0.25) is 5.91 Å². The lowest BCUT2D eigenvalue weighted by Gasteiger charge is -2.13. The number of hydrogen-bond acceptors (Lipinski definition) is 4. The van der Waals surface area contributed by atoms with E-state index in [0.717, 1.165) is 0 Å². The number of rotatable bonds is 7. The second-order valence-corrected chi connectivity index (χ2v) is 4.90. The molecule has 2 rings (SSSR count). The van der Waals surface area contributed by atoms with Gasteiger partial charge >= 0.3 is 0 Å². The van der Waals surface area contributed by atoms with Crippen LogP contribution >= 0.6 is 12.4 Å². The summed E-state index contributed by atoms with van der Waals surface area (Å²) in [7, 11) is 0. The first kappa shape index (κ1) is 18.1. The molecule has 0 spiro atoms. The van der Waals surface area contributed by atoms with Crippen molar-refractivity contribution in [1.82, 2.24) is 10.2 Å². The molecule has 0 unspecified atom stereocenters. The monoisotopic (exact) mass is 325 g/mol. The van der Waals surface area contributed by atoms with Crippen LogP contribution in [0.5, 0.6) is 0 Å². The maximum Gasteiger partial charge on any atom is 0.261 e. The van der Waals surface area contributed by atoms with Crippen molar-refractivity contribution in [1.29, 1.82) is 0 Å². The number of hydrogen-bond donors (Lipinski definition) is 2. The van der Waals surface area contributed by atoms with Crippen LogP contribution in [-0.2, 0) is 4.79 Å². The van der Waals surface area contributed by atoms with E-state index in [1.54, 1.807) is 24.3 Å². The van der Waals surface area contributed by atoms with Gasteiger partial charge in [-0.3, -0.25) is 19.3 Å². The molecule has 120 valence electrons. The van der Waals surface area contributed by atoms with Crippen molar-refractivity contribution in [2.45, 2.75) is 19.3 Å². The van der Waals surface area contributed by atoms with Crippen LogP contribution in [0.2, 0.25) is 0 Å². The molecule has 0 saturated heterocycles. The van der Waals surface area contributed by atoms with E-state index < -0.39 is 0 Å². The maximum absolute atomic E-state index is 12.1. The first-order valence-corrected chi connectivity index (χ1v) is 7.07. The molecule has 0 saturated carbocycles. The number of fused-ring (bicyclic) bond motifs is 1. The number of nitrogens with zero attached hydrogens (tertiary/aromatic N) is 1. The summed E-state index contributed by atoms with van der Waals surface area (Å²) < 4.78 is 0. The largest absolute Gasteiger partial charge is 0.356 e. The average Bonchev–Trinajstić information content (AvgIpc) is 2.72. The zero-order valence-electron chi connectivity index (χ0n) is 12.2. The fourth-order valence-electron chi connectivity index (χ4n) is 2.28. The number of halogens is 1. The Labute approximate surface area is 135 Å². The summed E-state index contributed by atoms with van der Waals surface area (Å²) >= 11 is 0. The van der Waals surface area contributed by atoms with Crippen LogP contribution in [0, 0.1) is 0 Å². The van der Waals surface area contributed by atoms with Crippen molar-refractivity contribution < 1.29 is 14.4 Å². The predicted octanol–water partition coefficient (Wildman–Crippen LogP) is 0.950. The molecule has 0 aromatic heterocycles. The molecule has 0 radical (unpaired) electrons. The molecule has 1 aliphatic heterocycles. The van der Waals surface area contributed by atoms with Gasteiger partial charge in [0.1, 0.15) is 0 Å². The van der Waals surface area contributed by atoms with E-state index in [1.165, 1.54) is 4.90 Å². The molecule has 0 fully saturated rings. The van der Waals surface area contributed by atoms with E-state index in [9.17, 15) is 14.4 Å². The Balaban J connectivity index is 0.00000242. The standard InChI is InChI=1S/C15H19N3O3.ClH/c16-8-7-13(19)17-9-3-4-10-18-14(20)11-5-1-2-6-12(11)15(18)21;/h1-2,5-6H,3-4,7-10,16H2,(H,17,19);1H. The molecule has 3 amide bonds. The van der Waals surface area contributed by atoms with E-state index in [2.05, 4.69) is 5.32 Å². The van der Waals surface area contributed by atoms with Crippen LogP contribution in [-0.4, -0.2) is 42.3 Å². The molecule has 0 bridgehead atoms. The summed E-state index contributed by atoms with van der Waals surface area (Å²) in [4.78, 5) is 36.6. The number of nitrogens with two attached hydrogens (primary N) is 1. The summed E-state index contributed by atoms with van der Waals surface area (Å²) in [5.41, 5.74) is 6.21. The first-order chi connectivity index (χ1) is 10.1. The minimum atomic E-state index is -0.234. The molecule has 1 aromatic carbocycles. The number of unbranched alkanes of at least 4 members (excludes halogenated alkanes) is 1. The molecule has 7 heteroatoms. The van der Waals surface area contributed by atoms with Crippen molar-refractivity contribution in [3.63, 3.8) is 0 Å². The molecule has 1 aromatic rings. The lowest BCUT2D eigenvalue weighted by molar-refractivity contribution is -0.120. The highest BCUT2D eigenvalue weighted by Gasteiger charge is 2.34. The van der Waals surface area contributed by atoms with Crippen LogP contribution in [0.15, 0.2) is 24.3 Å². The summed E-state index contributed by atoms with van der Waals surface area (Å²) in [5.74, 6) is -0.538. The maximum atomic E-state index is 12.1. The lowest BCUT2D eigenvalue weighted by Crippen LogP contribution is -2.31. The van der Waals surface area contributed by atoms with Gasteiger partial charge in [0.05, 0.1) is 11.1 Å². The Morgan fingerprint density at radius 1 is 1.09 bits per heavy atom. The molecule has 1 heterocycles. The van der Waals surface area contributed by atoms with E-state index in [0.29, 0.717) is 50.0 Å². The Morgan fingerprint density at radius 3 is 2.23 bits per heavy atom. The third-order valence-corrected chi connectivity index (χ3v) is 3.38. The van der Waals surface area contributed by atoms with E-state index in [1.807, 2.05) is 0 Å². The quantitative estimate of drug-likeness (QED) is 0.576. The smallest absolute Gasteiger partial charge is 0.261 e. The van der Waals surface area contributed by atoms with Gasteiger partial charge in [0.15, 0.2) is 0 Å². The van der Waals surface area contributed by atoms with E-state index in [-0.39, 0.29) is 30.1 Å². The van der Waals surface area contributed by atoms with Crippen molar-refractivity contribution in [2.24, 2.45) is 5.73 Å². The minimum absolute atomic E-state index is 0. The first-order valence-electron chi connectivity index (χ1n) is 7.07. The molecular weight excluding hydrogens is 306 g/mol. The Kier molecular flexibility index (Phi) is 7.01. The van der Waals surface area contributed by atoms with Crippen molar-refractivity contribution in [3.8, 4) is 0 Å². The Morgan fingerprint density at radius 2 is 1.68 bits per heavy atom. The lowest BCUT2D eigenvalue weighted by atomic mass is 10.1. The highest BCUT2D eigenvalue weighted by atomic mass is 35.5. The van der Waals surface area contributed by atoms with Crippen molar-refractivity contribution in [2.75, 3.05) is 19.6 Å². The highest BCUT2D eigenvalue weighted by molar-refractivity contribution is 6.21. The van der Waals surface area contributed by atoms with Crippen LogP contribution in [0.4, 0.5) is 0 Å². The summed E-state index contributed by atoms with van der Waals surface area (Å²) in [6, 6.07) is 6.84. The second-order valence-electron chi connectivity index (χ2n) is 4.90. The predicted molar refractivity (Wildman–Crippen MR) is 85.0 cm³/mol. The molecule has 6 nitrogen and oxygen atoms in total. The highest BCUT2D eigenvalue weighted by Crippen LogP contribution is 2.22. The summed E-state index contributed by atoms with van der Waals surface area (Å²) in [5, 5.41) is 2.74. The second kappa shape index (κ2) is 8.51. The van der Waals surface area contributed by atoms with Gasteiger partial charge in [-0.1, -0.05) is 12.1 Å². The number of carbonyl (C=O) groups is 3. The summed E-state index contributed by atoms with van der Waals surface area (Å²) in [6.45, 7) is 1.24. The minimum Gasteiger partial charge on any atom is -0.356 e. The van der Waals surface area contributed by atoms with Crippen molar-refractivity contribution >= 4 is 30.1 Å². The third kappa shape index (κ3) is 4.05. The molecule has 1 aliphatic rings. The Bertz CT molecular complexity index is 528. The Hall–Kier alpha value is -1.92. The number of amides is 3. The van der Waals surface area contributed by atoms with Crippen LogP contribution < -0.4 is 11.1 Å². The average molecular weight is 326 g/mol. The van der Waals surface area contributed by atoms with Gasteiger partial charge in [-0.2, -0.15) is 0 Å². The normalized spacial score (nSPS) is 12.9. The molecular formula is C15H20ClN3O3. The third-order valence-electron chi connectivity index (χ3n) is 3.38. The molecule has 0 aliphatic carbocycles. The van der Waals surface area contributed by atoms with Gasteiger partial charge in [0, 0.05) is 26.1 Å². The van der Waals surface area contributed by atoms with Crippen molar-refractivity contribution in [3.05, 3.63) is 35.4 Å². The van der Waals surface area contributed by atoms with Gasteiger partial charge in [-0.25, -0.2) is 0 Å². The van der Waals surface area contributed by atoms with Gasteiger partial charge in [0.25, 0.3) is 11.8 Å². The van der Waals surface area contributed by atoms with E-state index >= 15 is 0 Å². The zero-order chi connectivity index (χ0) is 15.2. The van der Waals surface area contributed by atoms with Gasteiger partial charge in [-0.15, -0.1) is 12.4 Å². The number of benzene rings is 1. The SMILES string of the molecule is Cl.NCCC(=O)NCCCCN1C(=O)c2ccccc2C1=O. The topological polar surface area (TPSA) is 92.5 Å². The van der Waals surface area contributed by atoms with Crippen LogP contribution in [0.25, 0.3) is 0 Å². The zero-order valence-corrected chi connectivity index (χ0v) is 13.0. The van der Waals surface area contributed by atoms with Crippen LogP contribution in [0.3, 0.4) is 0 Å². The summed E-state index contributed by atoms with van der Waals surface area (Å²) in [6.07, 6.45) is 1.69. The molecule has 0 atom stereocenters. The molecule has 3 N–H and O–H groups in total. The fraction of sp³-hybridized carbons (Fsp3) is 0.400. The van der Waals surface area contributed by atoms with Gasteiger partial charge in [-0.05, 0) is 25.0 Å². The van der Waals surface area contributed by atoms with Gasteiger partial charge < -0.3 is 11.1 Å². The van der Waals surface area contributed by atoms with E-state index in [4.69, 9.17) is 5.73 Å². The number of nitrogens with one attached hydrogen (secondary N) is 1. The number of imide groups is 1.